The van der Waals surface area contributed by atoms with Gasteiger partial charge in [0.15, 0.2) is 10.7 Å². The molecule has 0 atom stereocenters. The van der Waals surface area contributed by atoms with Gasteiger partial charge in [-0.3, -0.25) is 4.90 Å². The molecule has 0 spiro atoms. The second kappa shape index (κ2) is 8.43. The lowest BCUT2D eigenvalue weighted by molar-refractivity contribution is 0.165. The summed E-state index contributed by atoms with van der Waals surface area (Å²) in [4.78, 5) is 1.09. The monoisotopic (exact) mass is 453 g/mol. The van der Waals surface area contributed by atoms with Crippen LogP contribution in [0.4, 0.5) is 8.78 Å². The van der Waals surface area contributed by atoms with Crippen LogP contribution >= 0.6 is 11.6 Å². The topological polar surface area (TPSA) is 66.7 Å². The van der Waals surface area contributed by atoms with Crippen LogP contribution in [-0.2, 0) is 16.6 Å². The highest BCUT2D eigenvalue weighted by molar-refractivity contribution is 7.89. The number of aromatic nitrogens is 1. The zero-order valence-electron chi connectivity index (χ0n) is 15.8. The second-order valence-electron chi connectivity index (χ2n) is 6.92. The van der Waals surface area contributed by atoms with Crippen molar-refractivity contribution in [1.82, 2.24) is 14.4 Å². The maximum atomic E-state index is 13.9. The highest BCUT2D eigenvalue weighted by Crippen LogP contribution is 2.25. The molecule has 0 unspecified atom stereocenters. The van der Waals surface area contributed by atoms with Gasteiger partial charge in [0.25, 0.3) is 0 Å². The van der Waals surface area contributed by atoms with Crippen molar-refractivity contribution >= 4 is 21.6 Å². The van der Waals surface area contributed by atoms with Gasteiger partial charge >= 0.3 is 0 Å². The van der Waals surface area contributed by atoms with Crippen molar-refractivity contribution in [2.75, 3.05) is 26.2 Å². The van der Waals surface area contributed by atoms with E-state index < -0.39 is 26.6 Å². The lowest BCUT2D eigenvalue weighted by atomic mass is 10.1. The number of sulfonamides is 1. The van der Waals surface area contributed by atoms with E-state index in [2.05, 4.69) is 5.16 Å². The van der Waals surface area contributed by atoms with Crippen LogP contribution in [-0.4, -0.2) is 49.0 Å². The average molecular weight is 454 g/mol. The van der Waals surface area contributed by atoms with Gasteiger partial charge in [-0.25, -0.2) is 17.2 Å². The quantitative estimate of drug-likeness (QED) is 0.588. The molecule has 30 heavy (non-hydrogen) atoms. The van der Waals surface area contributed by atoms with Gasteiger partial charge in [0.2, 0.25) is 10.0 Å². The molecule has 1 saturated heterocycles. The third-order valence-corrected chi connectivity index (χ3v) is 7.13. The van der Waals surface area contributed by atoms with E-state index in [1.165, 1.54) is 0 Å². The van der Waals surface area contributed by atoms with E-state index in [4.69, 9.17) is 16.1 Å². The number of rotatable bonds is 5. The van der Waals surface area contributed by atoms with E-state index in [-0.39, 0.29) is 13.1 Å². The standard InChI is InChI=1S/C20H18ClF2N3O3S/c21-15-6-4-14(5-7-15)19-12-16(29-24-19)13-25-8-10-26(11-9-25)30(27,28)20-17(22)2-1-3-18(20)23/h1-7,12H,8-11,13H2. The van der Waals surface area contributed by atoms with E-state index in [1.807, 2.05) is 23.1 Å². The lowest BCUT2D eigenvalue weighted by Gasteiger charge is -2.33. The molecule has 0 N–H and O–H groups in total. The molecule has 1 aliphatic rings. The Hall–Kier alpha value is -2.33. The van der Waals surface area contributed by atoms with Crippen molar-refractivity contribution in [3.8, 4) is 11.3 Å². The van der Waals surface area contributed by atoms with E-state index in [1.54, 1.807) is 12.1 Å². The smallest absolute Gasteiger partial charge is 0.249 e. The minimum absolute atomic E-state index is 0.119. The fourth-order valence-electron chi connectivity index (χ4n) is 3.35. The number of halogens is 3. The lowest BCUT2D eigenvalue weighted by Crippen LogP contribution is -2.48. The Labute approximate surface area is 177 Å². The highest BCUT2D eigenvalue weighted by atomic mass is 35.5. The maximum absolute atomic E-state index is 13.9. The van der Waals surface area contributed by atoms with Crippen molar-refractivity contribution in [2.24, 2.45) is 0 Å². The van der Waals surface area contributed by atoms with Crippen LogP contribution < -0.4 is 0 Å². The summed E-state index contributed by atoms with van der Waals surface area (Å²) in [6.07, 6.45) is 0. The summed E-state index contributed by atoms with van der Waals surface area (Å²) in [5, 5.41) is 4.69. The van der Waals surface area contributed by atoms with Crippen LogP contribution in [0, 0.1) is 11.6 Å². The van der Waals surface area contributed by atoms with Crippen LogP contribution in [0.5, 0.6) is 0 Å². The first kappa shape index (κ1) is 20.9. The number of hydrogen-bond acceptors (Lipinski definition) is 5. The molecule has 0 bridgehead atoms. The zero-order valence-corrected chi connectivity index (χ0v) is 17.3. The fourth-order valence-corrected chi connectivity index (χ4v) is 5.01. The van der Waals surface area contributed by atoms with Gasteiger partial charge < -0.3 is 4.52 Å². The summed E-state index contributed by atoms with van der Waals surface area (Å²) in [5.41, 5.74) is 1.55. The molecular formula is C20H18ClF2N3O3S. The van der Waals surface area contributed by atoms with Crippen molar-refractivity contribution in [3.63, 3.8) is 0 Å². The van der Waals surface area contributed by atoms with E-state index in [9.17, 15) is 17.2 Å². The predicted octanol–water partition coefficient (Wildman–Crippen LogP) is 3.78. The maximum Gasteiger partial charge on any atom is 0.249 e. The van der Waals surface area contributed by atoms with Crippen LogP contribution in [0.3, 0.4) is 0 Å². The molecule has 6 nitrogen and oxygen atoms in total. The summed E-state index contributed by atoms with van der Waals surface area (Å²) >= 11 is 5.89. The predicted molar refractivity (Wildman–Crippen MR) is 107 cm³/mol. The van der Waals surface area contributed by atoms with E-state index in [0.717, 1.165) is 28.1 Å². The summed E-state index contributed by atoms with van der Waals surface area (Å²) < 4.78 is 59.7. The fraction of sp³-hybridized carbons (Fsp3) is 0.250. The van der Waals surface area contributed by atoms with Gasteiger partial charge in [-0.15, -0.1) is 0 Å². The molecule has 1 aromatic heterocycles. The Morgan fingerprint density at radius 1 is 1.00 bits per heavy atom. The van der Waals surface area contributed by atoms with Crippen molar-refractivity contribution in [1.29, 1.82) is 0 Å². The Kier molecular flexibility index (Phi) is 5.88. The molecule has 0 amide bonds. The molecule has 0 radical (unpaired) electrons. The molecule has 3 aromatic rings. The van der Waals surface area contributed by atoms with Gasteiger partial charge in [0.05, 0.1) is 6.54 Å². The SMILES string of the molecule is O=S(=O)(c1c(F)cccc1F)N1CCN(Cc2cc(-c3ccc(Cl)cc3)no2)CC1. The van der Waals surface area contributed by atoms with Crippen molar-refractivity contribution < 1.29 is 21.7 Å². The first-order valence-electron chi connectivity index (χ1n) is 9.22. The Balaban J connectivity index is 1.40. The average Bonchev–Trinajstić information content (AvgIpc) is 3.17. The van der Waals surface area contributed by atoms with Crippen LogP contribution in [0.1, 0.15) is 5.76 Å². The molecule has 4 rings (SSSR count). The van der Waals surface area contributed by atoms with Gasteiger partial charge in [-0.05, 0) is 24.3 Å². The van der Waals surface area contributed by atoms with Crippen LogP contribution in [0.15, 0.2) is 57.9 Å². The van der Waals surface area contributed by atoms with Crippen LogP contribution in [0.25, 0.3) is 11.3 Å². The molecule has 1 fully saturated rings. The molecule has 1 aliphatic heterocycles. The second-order valence-corrected chi connectivity index (χ2v) is 9.23. The van der Waals surface area contributed by atoms with E-state index in [0.29, 0.717) is 36.1 Å². The number of nitrogens with zero attached hydrogens (tertiary/aromatic N) is 3. The summed E-state index contributed by atoms with van der Waals surface area (Å²) in [5.74, 6) is -1.54. The van der Waals surface area contributed by atoms with Gasteiger partial charge in [-0.1, -0.05) is 35.0 Å². The first-order chi connectivity index (χ1) is 14.3. The Morgan fingerprint density at radius 3 is 2.27 bits per heavy atom. The summed E-state index contributed by atoms with van der Waals surface area (Å²) in [6.45, 7) is 1.48. The molecule has 2 aromatic carbocycles. The minimum atomic E-state index is -4.25. The van der Waals surface area contributed by atoms with Crippen molar-refractivity contribution in [3.05, 3.63) is 70.9 Å². The molecule has 158 valence electrons. The Morgan fingerprint density at radius 2 is 1.63 bits per heavy atom. The third kappa shape index (κ3) is 4.24. The third-order valence-electron chi connectivity index (χ3n) is 4.93. The first-order valence-corrected chi connectivity index (χ1v) is 11.0. The summed E-state index contributed by atoms with van der Waals surface area (Å²) in [7, 11) is -4.25. The van der Waals surface area contributed by atoms with Gasteiger partial charge in [0, 0.05) is 42.8 Å². The normalized spacial score (nSPS) is 16.1. The molecular weight excluding hydrogens is 436 g/mol. The zero-order chi connectivity index (χ0) is 21.3. The molecule has 0 saturated carbocycles. The Bertz CT molecular complexity index is 1120. The van der Waals surface area contributed by atoms with Crippen molar-refractivity contribution in [2.45, 2.75) is 11.4 Å². The van der Waals surface area contributed by atoms with E-state index >= 15 is 0 Å². The summed E-state index contributed by atoms with van der Waals surface area (Å²) in [6, 6.07) is 12.1. The number of hydrogen-bond donors (Lipinski definition) is 0. The minimum Gasteiger partial charge on any atom is -0.359 e. The molecule has 0 aliphatic carbocycles. The largest absolute Gasteiger partial charge is 0.359 e. The molecule has 2 heterocycles. The number of benzene rings is 2. The highest BCUT2D eigenvalue weighted by Gasteiger charge is 2.33. The van der Waals surface area contributed by atoms with Gasteiger partial charge in [0.1, 0.15) is 17.3 Å². The van der Waals surface area contributed by atoms with Crippen LogP contribution in [0.2, 0.25) is 5.02 Å². The number of piperazine rings is 1. The van der Waals surface area contributed by atoms with Gasteiger partial charge in [-0.2, -0.15) is 4.31 Å². The molecule has 10 heteroatoms.